The normalized spacial score (nSPS) is 19.1. The lowest BCUT2D eigenvalue weighted by molar-refractivity contribution is -0.121. The molecule has 0 saturated heterocycles. The average molecular weight is 197 g/mol. The van der Waals surface area contributed by atoms with E-state index in [9.17, 15) is 4.79 Å². The van der Waals surface area contributed by atoms with E-state index in [0.717, 1.165) is 19.3 Å². The molecule has 3 N–H and O–H groups in total. The molecular formula is C10H19N3O. The highest BCUT2D eigenvalue weighted by Crippen LogP contribution is 2.28. The molecule has 1 aliphatic carbocycles. The molecule has 0 aromatic rings. The van der Waals surface area contributed by atoms with Crippen LogP contribution in [0.25, 0.3) is 0 Å². The maximum absolute atomic E-state index is 11.4. The van der Waals surface area contributed by atoms with Gasteiger partial charge in [-0.15, -0.1) is 0 Å². The van der Waals surface area contributed by atoms with Crippen molar-refractivity contribution in [1.82, 2.24) is 5.32 Å². The van der Waals surface area contributed by atoms with E-state index in [2.05, 4.69) is 10.3 Å². The van der Waals surface area contributed by atoms with Gasteiger partial charge in [0, 0.05) is 12.5 Å². The molecule has 1 unspecified atom stereocenters. The van der Waals surface area contributed by atoms with Gasteiger partial charge in [0.2, 0.25) is 5.91 Å². The van der Waals surface area contributed by atoms with E-state index in [-0.39, 0.29) is 11.9 Å². The predicted molar refractivity (Wildman–Crippen MR) is 57.1 cm³/mol. The fourth-order valence-corrected chi connectivity index (χ4v) is 1.16. The van der Waals surface area contributed by atoms with Crippen LogP contribution in [0.15, 0.2) is 4.99 Å². The van der Waals surface area contributed by atoms with E-state index in [4.69, 9.17) is 5.73 Å². The standard InChI is InChI=1S/C10H19N3O/c1-3-6-12-10(14)7(2)13-9(11)8-4-5-8/h7-8H,3-6H2,1-2H3,(H2,11,13)(H,12,14). The lowest BCUT2D eigenvalue weighted by Gasteiger charge is -2.08. The highest BCUT2D eigenvalue weighted by atomic mass is 16.2. The van der Waals surface area contributed by atoms with Crippen molar-refractivity contribution in [2.45, 2.75) is 39.2 Å². The number of carbonyl (C=O) groups is 1. The fraction of sp³-hybridized carbons (Fsp3) is 0.800. The van der Waals surface area contributed by atoms with Gasteiger partial charge in [0.05, 0.1) is 5.84 Å². The maximum Gasteiger partial charge on any atom is 0.244 e. The second kappa shape index (κ2) is 4.98. The predicted octanol–water partition coefficient (Wildman–Crippen LogP) is 0.668. The zero-order valence-electron chi connectivity index (χ0n) is 8.92. The summed E-state index contributed by atoms with van der Waals surface area (Å²) in [7, 11) is 0. The van der Waals surface area contributed by atoms with Gasteiger partial charge >= 0.3 is 0 Å². The highest BCUT2D eigenvalue weighted by molar-refractivity contribution is 5.89. The molecule has 1 saturated carbocycles. The van der Waals surface area contributed by atoms with Crippen molar-refractivity contribution in [1.29, 1.82) is 0 Å². The lowest BCUT2D eigenvalue weighted by Crippen LogP contribution is -2.33. The van der Waals surface area contributed by atoms with Crippen LogP contribution in [0.4, 0.5) is 0 Å². The van der Waals surface area contributed by atoms with Crippen LogP contribution >= 0.6 is 0 Å². The van der Waals surface area contributed by atoms with Gasteiger partial charge in [-0.2, -0.15) is 0 Å². The SMILES string of the molecule is CCCNC(=O)C(C)N=C(N)C1CC1. The van der Waals surface area contributed by atoms with Gasteiger partial charge < -0.3 is 11.1 Å². The Hall–Kier alpha value is -1.06. The molecule has 1 amide bonds. The van der Waals surface area contributed by atoms with E-state index in [0.29, 0.717) is 18.3 Å². The van der Waals surface area contributed by atoms with Gasteiger partial charge in [-0.25, -0.2) is 0 Å². The molecule has 80 valence electrons. The first kappa shape index (κ1) is 11.0. The van der Waals surface area contributed by atoms with Gasteiger partial charge in [0.1, 0.15) is 6.04 Å². The molecule has 4 heteroatoms. The van der Waals surface area contributed by atoms with Crippen molar-refractivity contribution < 1.29 is 4.79 Å². The molecule has 1 aliphatic rings. The zero-order valence-corrected chi connectivity index (χ0v) is 8.92. The summed E-state index contributed by atoms with van der Waals surface area (Å²) < 4.78 is 0. The van der Waals surface area contributed by atoms with E-state index in [1.165, 1.54) is 0 Å². The number of amides is 1. The quantitative estimate of drug-likeness (QED) is 0.502. The Kier molecular flexibility index (Phi) is 3.92. The van der Waals surface area contributed by atoms with Crippen molar-refractivity contribution in [2.24, 2.45) is 16.6 Å². The first-order chi connectivity index (χ1) is 6.65. The third-order valence-electron chi connectivity index (χ3n) is 2.27. The van der Waals surface area contributed by atoms with Crippen LogP contribution in [0.5, 0.6) is 0 Å². The molecule has 0 aliphatic heterocycles. The van der Waals surface area contributed by atoms with Crippen LogP contribution in [0.2, 0.25) is 0 Å². The Morgan fingerprint density at radius 1 is 1.64 bits per heavy atom. The minimum Gasteiger partial charge on any atom is -0.387 e. The van der Waals surface area contributed by atoms with Gasteiger partial charge in [-0.1, -0.05) is 6.92 Å². The van der Waals surface area contributed by atoms with E-state index < -0.39 is 0 Å². The number of nitrogens with two attached hydrogens (primary N) is 1. The van der Waals surface area contributed by atoms with Gasteiger partial charge in [-0.3, -0.25) is 9.79 Å². The Labute approximate surface area is 85.0 Å². The molecule has 1 rings (SSSR count). The Bertz CT molecular complexity index is 234. The fourth-order valence-electron chi connectivity index (χ4n) is 1.16. The van der Waals surface area contributed by atoms with E-state index in [1.54, 1.807) is 6.92 Å². The van der Waals surface area contributed by atoms with Crippen molar-refractivity contribution in [3.63, 3.8) is 0 Å². The Morgan fingerprint density at radius 3 is 2.79 bits per heavy atom. The molecule has 1 atom stereocenters. The Balaban J connectivity index is 2.35. The second-order valence-electron chi connectivity index (χ2n) is 3.80. The average Bonchev–Trinajstić information content (AvgIpc) is 2.96. The van der Waals surface area contributed by atoms with Crippen molar-refractivity contribution in [3.05, 3.63) is 0 Å². The molecule has 0 spiro atoms. The highest BCUT2D eigenvalue weighted by Gasteiger charge is 2.26. The van der Waals surface area contributed by atoms with Crippen LogP contribution < -0.4 is 11.1 Å². The van der Waals surface area contributed by atoms with Crippen LogP contribution in [0.3, 0.4) is 0 Å². The van der Waals surface area contributed by atoms with Crippen LogP contribution in [0.1, 0.15) is 33.1 Å². The topological polar surface area (TPSA) is 67.5 Å². The van der Waals surface area contributed by atoms with Crippen LogP contribution in [-0.2, 0) is 4.79 Å². The molecule has 0 radical (unpaired) electrons. The van der Waals surface area contributed by atoms with E-state index >= 15 is 0 Å². The van der Waals surface area contributed by atoms with Gasteiger partial charge in [-0.05, 0) is 26.2 Å². The third kappa shape index (κ3) is 3.36. The summed E-state index contributed by atoms with van der Waals surface area (Å²) in [6.07, 6.45) is 3.19. The summed E-state index contributed by atoms with van der Waals surface area (Å²) in [5.74, 6) is 1.05. The molecule has 0 bridgehead atoms. The van der Waals surface area contributed by atoms with E-state index in [1.807, 2.05) is 6.92 Å². The van der Waals surface area contributed by atoms with Gasteiger partial charge in [0.25, 0.3) is 0 Å². The number of hydrogen-bond donors (Lipinski definition) is 2. The molecule has 14 heavy (non-hydrogen) atoms. The molecule has 4 nitrogen and oxygen atoms in total. The summed E-state index contributed by atoms with van der Waals surface area (Å²) in [4.78, 5) is 15.6. The summed E-state index contributed by atoms with van der Waals surface area (Å²) in [6, 6.07) is -0.345. The van der Waals surface area contributed by atoms with Crippen molar-refractivity contribution in [2.75, 3.05) is 6.54 Å². The van der Waals surface area contributed by atoms with Crippen molar-refractivity contribution >= 4 is 11.7 Å². The Morgan fingerprint density at radius 2 is 2.29 bits per heavy atom. The number of carbonyl (C=O) groups excluding carboxylic acids is 1. The number of rotatable bonds is 5. The smallest absolute Gasteiger partial charge is 0.244 e. The largest absolute Gasteiger partial charge is 0.387 e. The molecular weight excluding hydrogens is 178 g/mol. The van der Waals surface area contributed by atoms with Crippen molar-refractivity contribution in [3.8, 4) is 0 Å². The van der Waals surface area contributed by atoms with Gasteiger partial charge in [0.15, 0.2) is 0 Å². The minimum absolute atomic E-state index is 0.0320. The summed E-state index contributed by atoms with van der Waals surface area (Å²) in [6.45, 7) is 4.51. The van der Waals surface area contributed by atoms with Crippen LogP contribution in [0, 0.1) is 5.92 Å². The molecule has 1 fully saturated rings. The minimum atomic E-state index is -0.345. The summed E-state index contributed by atoms with van der Waals surface area (Å²) in [5, 5.41) is 2.80. The third-order valence-corrected chi connectivity index (χ3v) is 2.27. The number of nitrogens with zero attached hydrogens (tertiary/aromatic N) is 1. The molecule has 0 aromatic carbocycles. The lowest BCUT2D eigenvalue weighted by atomic mass is 10.3. The number of hydrogen-bond acceptors (Lipinski definition) is 2. The second-order valence-corrected chi connectivity index (χ2v) is 3.80. The monoisotopic (exact) mass is 197 g/mol. The maximum atomic E-state index is 11.4. The molecule has 0 aromatic heterocycles. The number of nitrogens with one attached hydrogen (secondary N) is 1. The zero-order chi connectivity index (χ0) is 10.6. The summed E-state index contributed by atoms with van der Waals surface area (Å²) >= 11 is 0. The van der Waals surface area contributed by atoms with Crippen LogP contribution in [-0.4, -0.2) is 24.3 Å². The first-order valence-electron chi connectivity index (χ1n) is 5.26. The number of amidine groups is 1. The first-order valence-corrected chi connectivity index (χ1v) is 5.26. The number of aliphatic imine (C=N–C) groups is 1. The summed E-state index contributed by atoms with van der Waals surface area (Å²) in [5.41, 5.74) is 5.72. The molecule has 0 heterocycles.